The fourth-order valence-corrected chi connectivity index (χ4v) is 4.17. The van der Waals surface area contributed by atoms with E-state index in [2.05, 4.69) is 36.5 Å². The summed E-state index contributed by atoms with van der Waals surface area (Å²) in [5.41, 5.74) is 1.77. The van der Waals surface area contributed by atoms with Crippen molar-refractivity contribution in [3.63, 3.8) is 0 Å². The number of nitrogens with zero attached hydrogens (tertiary/aromatic N) is 2. The molecule has 0 aliphatic carbocycles. The van der Waals surface area contributed by atoms with Gasteiger partial charge >= 0.3 is 0 Å². The minimum Gasteiger partial charge on any atom is -0.351 e. The van der Waals surface area contributed by atoms with E-state index in [1.807, 2.05) is 48.5 Å². The molecule has 2 N–H and O–H groups in total. The molecule has 6 nitrogen and oxygen atoms in total. The zero-order chi connectivity index (χ0) is 22.9. The largest absolute Gasteiger partial charge is 0.351 e. The zero-order valence-corrected chi connectivity index (χ0v) is 20.7. The highest BCUT2D eigenvalue weighted by molar-refractivity contribution is 9.10. The third-order valence-corrected chi connectivity index (χ3v) is 6.33. The summed E-state index contributed by atoms with van der Waals surface area (Å²) in [7, 11) is 0. The van der Waals surface area contributed by atoms with E-state index in [1.54, 1.807) is 0 Å². The Hall–Kier alpha value is -2.13. The molecule has 3 rings (SSSR count). The molecule has 0 saturated heterocycles. The van der Waals surface area contributed by atoms with Gasteiger partial charge in [0.1, 0.15) is 0 Å². The topological polar surface area (TPSA) is 84.0 Å². The molecule has 2 aromatic carbocycles. The third-order valence-electron chi connectivity index (χ3n) is 4.25. The van der Waals surface area contributed by atoms with Crippen molar-refractivity contribution >= 4 is 68.4 Å². The lowest BCUT2D eigenvalue weighted by atomic mass is 10.2. The number of rotatable bonds is 9. The van der Waals surface area contributed by atoms with Crippen molar-refractivity contribution in [2.75, 3.05) is 11.9 Å². The minimum absolute atomic E-state index is 0.0997. The van der Waals surface area contributed by atoms with Gasteiger partial charge in [0.15, 0.2) is 10.9 Å². The van der Waals surface area contributed by atoms with Crippen molar-refractivity contribution in [1.82, 2.24) is 15.3 Å². The van der Waals surface area contributed by atoms with Crippen LogP contribution in [0.2, 0.25) is 10.0 Å². The van der Waals surface area contributed by atoms with E-state index in [4.69, 9.17) is 23.2 Å². The summed E-state index contributed by atoms with van der Waals surface area (Å²) >= 11 is 17.0. The monoisotopic (exact) mass is 552 g/mol. The number of amides is 2. The molecular weight excluding hydrogens is 535 g/mol. The Kier molecular flexibility index (Phi) is 9.35. The lowest BCUT2D eigenvalue weighted by Gasteiger charge is -2.08. The summed E-state index contributed by atoms with van der Waals surface area (Å²) in [6, 6.07) is 14.8. The van der Waals surface area contributed by atoms with Gasteiger partial charge in [0.05, 0.1) is 11.2 Å². The lowest BCUT2D eigenvalue weighted by Crippen LogP contribution is -2.27. The van der Waals surface area contributed by atoms with Crippen molar-refractivity contribution in [2.24, 2.45) is 0 Å². The first-order valence-corrected chi connectivity index (χ1v) is 12.2. The van der Waals surface area contributed by atoms with Crippen LogP contribution in [-0.2, 0) is 10.5 Å². The number of carbonyl (C=O) groups is 2. The Labute approximate surface area is 208 Å². The van der Waals surface area contributed by atoms with Gasteiger partial charge in [-0.15, -0.1) is 0 Å². The summed E-state index contributed by atoms with van der Waals surface area (Å²) in [5.74, 6) is 0.0285. The van der Waals surface area contributed by atoms with Crippen LogP contribution in [0.25, 0.3) is 0 Å². The molecule has 166 valence electrons. The lowest BCUT2D eigenvalue weighted by molar-refractivity contribution is -0.116. The van der Waals surface area contributed by atoms with Gasteiger partial charge in [-0.05, 0) is 42.3 Å². The molecule has 0 radical (unpaired) electrons. The van der Waals surface area contributed by atoms with E-state index < -0.39 is 5.91 Å². The SMILES string of the molecule is O=C(CCCNC(=O)c1nc(SCc2ccccc2Cl)ncc1Cl)Nc1ccc(Br)cc1. The van der Waals surface area contributed by atoms with Crippen LogP contribution >= 0.6 is 50.9 Å². The Bertz CT molecular complexity index is 1100. The predicted molar refractivity (Wildman–Crippen MR) is 132 cm³/mol. The van der Waals surface area contributed by atoms with Crippen LogP contribution in [-0.4, -0.2) is 28.3 Å². The van der Waals surface area contributed by atoms with E-state index in [1.165, 1.54) is 18.0 Å². The number of anilines is 1. The molecular formula is C22H19BrCl2N4O2S. The second kappa shape index (κ2) is 12.2. The standard InChI is InChI=1S/C22H19BrCl2N4O2S/c23-15-7-9-16(10-8-15)28-19(30)6-3-11-26-21(31)20-18(25)12-27-22(29-20)32-13-14-4-1-2-5-17(14)24/h1-2,4-5,7-10,12H,3,6,11,13H2,(H,26,31)(H,28,30). The molecule has 1 aromatic heterocycles. The van der Waals surface area contributed by atoms with Gasteiger partial charge in [0.25, 0.3) is 5.91 Å². The minimum atomic E-state index is -0.412. The molecule has 3 aromatic rings. The number of benzene rings is 2. The van der Waals surface area contributed by atoms with E-state index in [9.17, 15) is 9.59 Å². The summed E-state index contributed by atoms with van der Waals surface area (Å²) in [4.78, 5) is 33.0. The molecule has 0 bridgehead atoms. The molecule has 0 saturated carbocycles. The number of hydrogen-bond donors (Lipinski definition) is 2. The van der Waals surface area contributed by atoms with Gasteiger partial charge in [-0.1, -0.05) is 69.1 Å². The molecule has 10 heteroatoms. The molecule has 32 heavy (non-hydrogen) atoms. The first-order valence-electron chi connectivity index (χ1n) is 9.65. The Balaban J connectivity index is 1.47. The number of hydrogen-bond acceptors (Lipinski definition) is 5. The quantitative estimate of drug-likeness (QED) is 0.193. The average molecular weight is 554 g/mol. The molecule has 0 fully saturated rings. The Morgan fingerprint density at radius 1 is 1.03 bits per heavy atom. The fraction of sp³-hybridized carbons (Fsp3) is 0.182. The van der Waals surface area contributed by atoms with Crippen LogP contribution in [0.4, 0.5) is 5.69 Å². The van der Waals surface area contributed by atoms with Crippen molar-refractivity contribution in [3.05, 3.63) is 80.5 Å². The molecule has 1 heterocycles. The van der Waals surface area contributed by atoms with Crippen LogP contribution in [0.1, 0.15) is 28.9 Å². The number of nitrogens with one attached hydrogen (secondary N) is 2. The van der Waals surface area contributed by atoms with Crippen LogP contribution < -0.4 is 10.6 Å². The first-order chi connectivity index (χ1) is 15.4. The molecule has 0 atom stereocenters. The van der Waals surface area contributed by atoms with E-state index in [0.29, 0.717) is 28.9 Å². The van der Waals surface area contributed by atoms with Gasteiger partial charge in [-0.3, -0.25) is 9.59 Å². The van der Waals surface area contributed by atoms with Crippen molar-refractivity contribution in [2.45, 2.75) is 23.8 Å². The number of carbonyl (C=O) groups excluding carboxylic acids is 2. The summed E-state index contributed by atoms with van der Waals surface area (Å²) < 4.78 is 0.937. The number of halogens is 3. The van der Waals surface area contributed by atoms with Gasteiger partial charge in [-0.2, -0.15) is 0 Å². The van der Waals surface area contributed by atoms with Crippen molar-refractivity contribution in [1.29, 1.82) is 0 Å². The van der Waals surface area contributed by atoms with Crippen LogP contribution in [0.3, 0.4) is 0 Å². The Morgan fingerprint density at radius 3 is 2.53 bits per heavy atom. The number of thioether (sulfide) groups is 1. The molecule has 0 aliphatic heterocycles. The summed E-state index contributed by atoms with van der Waals surface area (Å²) in [6.45, 7) is 0.315. The third kappa shape index (κ3) is 7.48. The first kappa shape index (κ1) is 24.5. The molecule has 0 aliphatic rings. The van der Waals surface area contributed by atoms with Gasteiger partial charge in [0.2, 0.25) is 5.91 Å². The smallest absolute Gasteiger partial charge is 0.271 e. The second-order valence-electron chi connectivity index (χ2n) is 6.64. The van der Waals surface area contributed by atoms with E-state index in [-0.39, 0.29) is 23.0 Å². The van der Waals surface area contributed by atoms with E-state index >= 15 is 0 Å². The molecule has 0 unspecified atom stereocenters. The van der Waals surface area contributed by atoms with Gasteiger partial charge in [0, 0.05) is 33.9 Å². The van der Waals surface area contributed by atoms with Crippen LogP contribution in [0.5, 0.6) is 0 Å². The highest BCUT2D eigenvalue weighted by Crippen LogP contribution is 2.25. The Morgan fingerprint density at radius 2 is 1.78 bits per heavy atom. The van der Waals surface area contributed by atoms with E-state index in [0.717, 1.165) is 15.7 Å². The maximum absolute atomic E-state index is 12.5. The maximum Gasteiger partial charge on any atom is 0.271 e. The maximum atomic E-state index is 12.5. The normalized spacial score (nSPS) is 10.6. The molecule has 0 spiro atoms. The van der Waals surface area contributed by atoms with Gasteiger partial charge in [-0.25, -0.2) is 9.97 Å². The summed E-state index contributed by atoms with van der Waals surface area (Å²) in [5, 5.41) is 6.81. The average Bonchev–Trinajstić information content (AvgIpc) is 2.78. The fourth-order valence-electron chi connectivity index (χ4n) is 2.63. The summed E-state index contributed by atoms with van der Waals surface area (Å²) in [6.07, 6.45) is 2.15. The predicted octanol–water partition coefficient (Wildman–Crippen LogP) is 5.99. The highest BCUT2D eigenvalue weighted by Gasteiger charge is 2.15. The van der Waals surface area contributed by atoms with Crippen LogP contribution in [0.15, 0.2) is 64.4 Å². The van der Waals surface area contributed by atoms with Crippen LogP contribution in [0, 0.1) is 0 Å². The van der Waals surface area contributed by atoms with Crippen molar-refractivity contribution in [3.8, 4) is 0 Å². The molecule has 2 amide bonds. The van der Waals surface area contributed by atoms with Gasteiger partial charge < -0.3 is 10.6 Å². The highest BCUT2D eigenvalue weighted by atomic mass is 79.9. The van der Waals surface area contributed by atoms with Crippen molar-refractivity contribution < 1.29 is 9.59 Å². The number of aromatic nitrogens is 2. The second-order valence-corrected chi connectivity index (χ2v) is 9.32. The zero-order valence-electron chi connectivity index (χ0n) is 16.8.